The predicted octanol–water partition coefficient (Wildman–Crippen LogP) is 3.21. The summed E-state index contributed by atoms with van der Waals surface area (Å²) < 4.78 is 13.6. The van der Waals surface area contributed by atoms with Gasteiger partial charge in [0.1, 0.15) is 5.82 Å². The van der Waals surface area contributed by atoms with Gasteiger partial charge in [0.05, 0.1) is 0 Å². The second kappa shape index (κ2) is 8.01. The number of hydrogen-bond acceptors (Lipinski definition) is 2. The lowest BCUT2D eigenvalue weighted by atomic mass is 10.1. The topological polar surface area (TPSA) is 35.6 Å². The molecule has 0 aromatic heterocycles. The van der Waals surface area contributed by atoms with Crippen LogP contribution in [-0.2, 0) is 6.42 Å². The van der Waals surface area contributed by atoms with Gasteiger partial charge in [0.25, 0.3) is 0 Å². The Morgan fingerprint density at radius 3 is 2.56 bits per heavy atom. The van der Waals surface area contributed by atoms with Crippen LogP contribution in [0.4, 0.5) is 14.9 Å². The summed E-state index contributed by atoms with van der Waals surface area (Å²) in [4.78, 5) is 16.4. The molecule has 2 aromatic rings. The molecule has 0 unspecified atom stereocenters. The van der Waals surface area contributed by atoms with Gasteiger partial charge in [0.15, 0.2) is 0 Å². The van der Waals surface area contributed by atoms with Crippen molar-refractivity contribution in [2.75, 3.05) is 37.6 Å². The molecule has 4 nitrogen and oxygen atoms in total. The molecule has 0 atom stereocenters. The Kier molecular flexibility index (Phi) is 5.53. The van der Waals surface area contributed by atoms with Gasteiger partial charge in [-0.3, -0.25) is 0 Å². The van der Waals surface area contributed by atoms with Gasteiger partial charge < -0.3 is 15.1 Å². The van der Waals surface area contributed by atoms with Gasteiger partial charge in [-0.15, -0.1) is 0 Å². The molecule has 3 rings (SSSR count). The highest BCUT2D eigenvalue weighted by Crippen LogP contribution is 2.17. The van der Waals surface area contributed by atoms with E-state index >= 15 is 0 Å². The fourth-order valence-electron chi connectivity index (χ4n) is 3.11. The molecule has 1 aliphatic heterocycles. The first-order valence-corrected chi connectivity index (χ1v) is 8.71. The summed E-state index contributed by atoms with van der Waals surface area (Å²) in [6.45, 7) is 5.56. The van der Waals surface area contributed by atoms with E-state index in [4.69, 9.17) is 0 Å². The number of aryl methyl sites for hydroxylation is 1. The third-order valence-corrected chi connectivity index (χ3v) is 4.56. The van der Waals surface area contributed by atoms with E-state index in [1.807, 2.05) is 11.0 Å². The van der Waals surface area contributed by atoms with Crippen LogP contribution in [0.25, 0.3) is 0 Å². The zero-order valence-electron chi connectivity index (χ0n) is 14.5. The van der Waals surface area contributed by atoms with E-state index in [1.54, 1.807) is 12.1 Å². The van der Waals surface area contributed by atoms with Crippen LogP contribution < -0.4 is 10.2 Å². The maximum Gasteiger partial charge on any atom is 0.317 e. The number of anilines is 1. The number of carbonyl (C=O) groups is 1. The molecule has 0 radical (unpaired) electrons. The van der Waals surface area contributed by atoms with Crippen LogP contribution in [0.2, 0.25) is 0 Å². The monoisotopic (exact) mass is 341 g/mol. The van der Waals surface area contributed by atoms with E-state index in [9.17, 15) is 9.18 Å². The first-order valence-electron chi connectivity index (χ1n) is 8.71. The summed E-state index contributed by atoms with van der Waals surface area (Å²) in [6.07, 6.45) is 0.502. The van der Waals surface area contributed by atoms with Gasteiger partial charge >= 0.3 is 6.03 Å². The molecule has 132 valence electrons. The van der Waals surface area contributed by atoms with Crippen molar-refractivity contribution in [3.63, 3.8) is 0 Å². The second-order valence-corrected chi connectivity index (χ2v) is 6.39. The minimum absolute atomic E-state index is 0.0692. The molecule has 5 heteroatoms. The number of halogens is 1. The van der Waals surface area contributed by atoms with E-state index in [1.165, 1.54) is 17.3 Å². The van der Waals surface area contributed by atoms with Crippen LogP contribution in [0.15, 0.2) is 48.5 Å². The van der Waals surface area contributed by atoms with Crippen molar-refractivity contribution in [1.29, 1.82) is 0 Å². The number of urea groups is 1. The van der Waals surface area contributed by atoms with Crippen LogP contribution in [-0.4, -0.2) is 43.7 Å². The lowest BCUT2D eigenvalue weighted by molar-refractivity contribution is 0.194. The number of piperazine rings is 1. The number of nitrogens with one attached hydrogen (secondary N) is 1. The summed E-state index contributed by atoms with van der Waals surface area (Å²) in [5.41, 5.74) is 3.08. The SMILES string of the molecule is Cc1cccc(N2CCN(C(=O)NCCc3ccccc3F)CC2)c1. The first kappa shape index (κ1) is 17.3. The zero-order chi connectivity index (χ0) is 17.6. The van der Waals surface area contributed by atoms with Crippen molar-refractivity contribution in [1.82, 2.24) is 10.2 Å². The number of benzene rings is 2. The van der Waals surface area contributed by atoms with Gasteiger partial charge in [0.2, 0.25) is 0 Å². The van der Waals surface area contributed by atoms with Gasteiger partial charge in [-0.05, 0) is 42.7 Å². The summed E-state index contributed by atoms with van der Waals surface area (Å²) in [7, 11) is 0. The van der Waals surface area contributed by atoms with Crippen molar-refractivity contribution in [2.24, 2.45) is 0 Å². The highest BCUT2D eigenvalue weighted by atomic mass is 19.1. The van der Waals surface area contributed by atoms with Gasteiger partial charge in [0, 0.05) is 38.4 Å². The minimum atomic E-state index is -0.219. The van der Waals surface area contributed by atoms with Crippen molar-refractivity contribution < 1.29 is 9.18 Å². The molecule has 0 saturated carbocycles. The van der Waals surface area contributed by atoms with Crippen molar-refractivity contribution in [3.05, 3.63) is 65.5 Å². The largest absolute Gasteiger partial charge is 0.368 e. The second-order valence-electron chi connectivity index (χ2n) is 6.39. The fraction of sp³-hybridized carbons (Fsp3) is 0.350. The normalized spacial score (nSPS) is 14.5. The van der Waals surface area contributed by atoms with E-state index in [0.29, 0.717) is 31.6 Å². The van der Waals surface area contributed by atoms with Gasteiger partial charge in [-0.25, -0.2) is 9.18 Å². The highest BCUT2D eigenvalue weighted by molar-refractivity contribution is 5.74. The zero-order valence-corrected chi connectivity index (χ0v) is 14.5. The lowest BCUT2D eigenvalue weighted by Crippen LogP contribution is -2.52. The number of rotatable bonds is 4. The Labute approximate surface area is 148 Å². The van der Waals surface area contributed by atoms with E-state index in [0.717, 1.165) is 13.1 Å². The Hall–Kier alpha value is -2.56. The van der Waals surface area contributed by atoms with Crippen LogP contribution in [0.3, 0.4) is 0 Å². The van der Waals surface area contributed by atoms with Crippen molar-refractivity contribution in [2.45, 2.75) is 13.3 Å². The number of hydrogen-bond donors (Lipinski definition) is 1. The Bertz CT molecular complexity index is 726. The lowest BCUT2D eigenvalue weighted by Gasteiger charge is -2.36. The minimum Gasteiger partial charge on any atom is -0.368 e. The number of carbonyl (C=O) groups excluding carboxylic acids is 1. The first-order chi connectivity index (χ1) is 12.1. The highest BCUT2D eigenvalue weighted by Gasteiger charge is 2.21. The summed E-state index contributed by atoms with van der Waals surface area (Å²) in [6, 6.07) is 15.0. The predicted molar refractivity (Wildman–Crippen MR) is 98.5 cm³/mol. The average molecular weight is 341 g/mol. The molecule has 25 heavy (non-hydrogen) atoms. The Morgan fingerprint density at radius 1 is 1.08 bits per heavy atom. The fourth-order valence-corrected chi connectivity index (χ4v) is 3.11. The van der Waals surface area contributed by atoms with E-state index in [-0.39, 0.29) is 11.8 Å². The van der Waals surface area contributed by atoms with Crippen molar-refractivity contribution in [3.8, 4) is 0 Å². The molecule has 0 aliphatic carbocycles. The summed E-state index contributed by atoms with van der Waals surface area (Å²) >= 11 is 0. The molecule has 2 aromatic carbocycles. The van der Waals surface area contributed by atoms with Crippen LogP contribution in [0.5, 0.6) is 0 Å². The number of amides is 2. The summed E-state index contributed by atoms with van der Waals surface area (Å²) in [5.74, 6) is -0.219. The molecule has 1 saturated heterocycles. The van der Waals surface area contributed by atoms with Crippen LogP contribution in [0.1, 0.15) is 11.1 Å². The molecule has 1 heterocycles. The summed E-state index contributed by atoms with van der Waals surface area (Å²) in [5, 5.41) is 2.89. The van der Waals surface area contributed by atoms with Crippen molar-refractivity contribution >= 4 is 11.7 Å². The molecule has 0 bridgehead atoms. The molecule has 1 fully saturated rings. The quantitative estimate of drug-likeness (QED) is 0.927. The third kappa shape index (κ3) is 4.50. The van der Waals surface area contributed by atoms with Gasteiger partial charge in [-0.2, -0.15) is 0 Å². The van der Waals surface area contributed by atoms with Crippen LogP contribution >= 0.6 is 0 Å². The molecular weight excluding hydrogens is 317 g/mol. The Balaban J connectivity index is 1.45. The average Bonchev–Trinajstić information content (AvgIpc) is 2.63. The maximum atomic E-state index is 13.6. The van der Waals surface area contributed by atoms with Crippen LogP contribution in [0, 0.1) is 12.7 Å². The van der Waals surface area contributed by atoms with E-state index < -0.39 is 0 Å². The smallest absolute Gasteiger partial charge is 0.317 e. The Morgan fingerprint density at radius 2 is 1.84 bits per heavy atom. The third-order valence-electron chi connectivity index (χ3n) is 4.56. The maximum absolute atomic E-state index is 13.6. The molecule has 0 spiro atoms. The standard InChI is InChI=1S/C20H24FN3O/c1-16-5-4-7-18(15-16)23-11-13-24(14-12-23)20(25)22-10-9-17-6-2-3-8-19(17)21/h2-8,15H,9-14H2,1H3,(H,22,25). The molecular formula is C20H24FN3O. The molecule has 1 N–H and O–H groups in total. The van der Waals surface area contributed by atoms with Gasteiger partial charge in [-0.1, -0.05) is 30.3 Å². The molecule has 1 aliphatic rings. The van der Waals surface area contributed by atoms with E-state index in [2.05, 4.69) is 41.4 Å². The molecule has 2 amide bonds. The number of nitrogens with zero attached hydrogens (tertiary/aromatic N) is 2.